The van der Waals surface area contributed by atoms with Crippen LogP contribution >= 0.6 is 39.7 Å². The minimum Gasteiger partial charge on any atom is -0.444 e. The fraction of sp³-hybridized carbons (Fsp3) is 0.333. The van der Waals surface area contributed by atoms with E-state index in [0.717, 1.165) is 25.0 Å². The summed E-state index contributed by atoms with van der Waals surface area (Å²) in [5.41, 5.74) is 6.98. The third-order valence-electron chi connectivity index (χ3n) is 3.00. The lowest BCUT2D eigenvalue weighted by Crippen LogP contribution is -2.27. The van der Waals surface area contributed by atoms with E-state index in [2.05, 4.69) is 26.2 Å². The van der Waals surface area contributed by atoms with Gasteiger partial charge in [0.1, 0.15) is 0 Å². The van der Waals surface area contributed by atoms with Crippen molar-refractivity contribution in [2.24, 2.45) is 5.73 Å². The molecule has 0 saturated carbocycles. The number of aromatic nitrogens is 1. The Morgan fingerprint density at radius 3 is 3.05 bits per heavy atom. The van der Waals surface area contributed by atoms with Crippen molar-refractivity contribution in [2.75, 3.05) is 5.32 Å². The van der Waals surface area contributed by atoms with E-state index < -0.39 is 0 Å². The summed E-state index contributed by atoms with van der Waals surface area (Å²) >= 11 is 4.66. The van der Waals surface area contributed by atoms with E-state index in [9.17, 15) is 4.79 Å². The zero-order chi connectivity index (χ0) is 13.4. The second kappa shape index (κ2) is 6.26. The first kappa shape index (κ1) is 15.5. The zero-order valence-electron chi connectivity index (χ0n) is 10.4. The number of nitrogens with two attached hydrogens (primary N) is 1. The number of rotatable bonds is 2. The average molecular weight is 379 g/mol. The molecule has 2 aromatic heterocycles. The minimum atomic E-state index is -0.291. The molecule has 0 aliphatic heterocycles. The van der Waals surface area contributed by atoms with Crippen LogP contribution in [0.1, 0.15) is 27.5 Å². The Morgan fingerprint density at radius 2 is 2.35 bits per heavy atom. The van der Waals surface area contributed by atoms with Crippen LogP contribution in [0.4, 0.5) is 5.13 Å². The molecule has 0 saturated heterocycles. The van der Waals surface area contributed by atoms with Crippen LogP contribution in [0.2, 0.25) is 0 Å². The topological polar surface area (TPSA) is 81.1 Å². The Labute approximate surface area is 134 Å². The van der Waals surface area contributed by atoms with Gasteiger partial charge in [0.15, 0.2) is 15.6 Å². The SMILES string of the molecule is Cl.N[C@H]1CCc2nc(NC(=O)c3ccc(Br)o3)sc2C1. The molecule has 3 N–H and O–H groups in total. The van der Waals surface area contributed by atoms with Gasteiger partial charge >= 0.3 is 0 Å². The predicted molar refractivity (Wildman–Crippen MR) is 83.7 cm³/mol. The van der Waals surface area contributed by atoms with Crippen LogP contribution in [0.3, 0.4) is 0 Å². The van der Waals surface area contributed by atoms with Gasteiger partial charge in [-0.1, -0.05) is 0 Å². The molecule has 5 nitrogen and oxygen atoms in total. The number of anilines is 1. The maximum atomic E-state index is 11.9. The fourth-order valence-corrected chi connectivity index (χ4v) is 3.45. The van der Waals surface area contributed by atoms with Gasteiger partial charge in [0.2, 0.25) is 0 Å². The highest BCUT2D eigenvalue weighted by atomic mass is 79.9. The molecule has 8 heteroatoms. The molecule has 2 aromatic rings. The number of nitrogens with one attached hydrogen (secondary N) is 1. The molecule has 0 fully saturated rings. The van der Waals surface area contributed by atoms with E-state index in [1.165, 1.54) is 16.2 Å². The van der Waals surface area contributed by atoms with Gasteiger partial charge in [0, 0.05) is 10.9 Å². The second-order valence-corrected chi connectivity index (χ2v) is 6.31. The monoisotopic (exact) mass is 377 g/mol. The van der Waals surface area contributed by atoms with Crippen LogP contribution in [0, 0.1) is 0 Å². The Hall–Kier alpha value is -0.890. The first-order valence-corrected chi connectivity index (χ1v) is 7.53. The Balaban J connectivity index is 0.00000147. The number of aryl methyl sites for hydroxylation is 1. The highest BCUT2D eigenvalue weighted by Gasteiger charge is 2.21. The molecule has 3 rings (SSSR count). The molecule has 0 spiro atoms. The van der Waals surface area contributed by atoms with Crippen molar-refractivity contribution in [3.05, 3.63) is 33.1 Å². The Bertz CT molecular complexity index is 628. The lowest BCUT2D eigenvalue weighted by Gasteiger charge is -2.15. The summed E-state index contributed by atoms with van der Waals surface area (Å²) in [7, 11) is 0. The smallest absolute Gasteiger partial charge is 0.293 e. The number of hydrogen-bond donors (Lipinski definition) is 2. The zero-order valence-corrected chi connectivity index (χ0v) is 13.6. The summed E-state index contributed by atoms with van der Waals surface area (Å²) in [5, 5.41) is 3.36. The first-order chi connectivity index (χ1) is 9.11. The van der Waals surface area contributed by atoms with E-state index in [0.29, 0.717) is 9.80 Å². The summed E-state index contributed by atoms with van der Waals surface area (Å²) < 4.78 is 5.73. The van der Waals surface area contributed by atoms with Crippen molar-refractivity contribution in [3.8, 4) is 0 Å². The van der Waals surface area contributed by atoms with Gasteiger partial charge < -0.3 is 10.2 Å². The molecule has 20 heavy (non-hydrogen) atoms. The van der Waals surface area contributed by atoms with Gasteiger partial charge in [0.25, 0.3) is 5.91 Å². The lowest BCUT2D eigenvalue weighted by molar-refractivity contribution is 0.0995. The number of carbonyl (C=O) groups excluding carboxylic acids is 1. The number of nitrogens with zero attached hydrogens (tertiary/aromatic N) is 1. The molecule has 1 atom stereocenters. The minimum absolute atomic E-state index is 0. The van der Waals surface area contributed by atoms with Crippen molar-refractivity contribution in [2.45, 2.75) is 25.3 Å². The molecule has 108 valence electrons. The van der Waals surface area contributed by atoms with E-state index in [1.807, 2.05) is 0 Å². The maximum Gasteiger partial charge on any atom is 0.293 e. The van der Waals surface area contributed by atoms with Crippen LogP contribution in [-0.4, -0.2) is 16.9 Å². The quantitative estimate of drug-likeness (QED) is 0.842. The summed E-state index contributed by atoms with van der Waals surface area (Å²) in [6.07, 6.45) is 2.68. The van der Waals surface area contributed by atoms with E-state index in [-0.39, 0.29) is 30.1 Å². The molecule has 2 heterocycles. The molecular formula is C12H13BrClN3O2S. The van der Waals surface area contributed by atoms with E-state index in [1.54, 1.807) is 12.1 Å². The standard InChI is InChI=1S/C12H12BrN3O2S.ClH/c13-10-4-3-8(18-10)11(17)16-12-15-7-2-1-6(14)5-9(7)19-12;/h3-4,6H,1-2,5,14H2,(H,15,16,17);1H/t6-;/m0./s1. The third-order valence-corrected chi connectivity index (χ3v) is 4.46. The summed E-state index contributed by atoms with van der Waals surface area (Å²) in [6.45, 7) is 0. The lowest BCUT2D eigenvalue weighted by atomic mass is 9.99. The van der Waals surface area contributed by atoms with Crippen molar-refractivity contribution >= 4 is 50.7 Å². The number of amides is 1. The fourth-order valence-electron chi connectivity index (χ4n) is 2.05. The second-order valence-electron chi connectivity index (χ2n) is 4.45. The highest BCUT2D eigenvalue weighted by molar-refractivity contribution is 9.10. The molecule has 0 bridgehead atoms. The number of halogens is 2. The van der Waals surface area contributed by atoms with E-state index >= 15 is 0 Å². The number of furan rings is 1. The molecule has 0 aromatic carbocycles. The third kappa shape index (κ3) is 3.22. The Kier molecular flexibility index (Phi) is 4.85. The number of fused-ring (bicyclic) bond motifs is 1. The summed E-state index contributed by atoms with van der Waals surface area (Å²) in [4.78, 5) is 17.5. The molecule has 1 aliphatic carbocycles. The van der Waals surface area contributed by atoms with Gasteiger partial charge in [-0.2, -0.15) is 0 Å². The van der Waals surface area contributed by atoms with Crippen molar-refractivity contribution < 1.29 is 9.21 Å². The van der Waals surface area contributed by atoms with Crippen LogP contribution in [0.15, 0.2) is 21.2 Å². The summed E-state index contributed by atoms with van der Waals surface area (Å²) in [6, 6.07) is 3.50. The normalized spacial score (nSPS) is 17.2. The van der Waals surface area contributed by atoms with Crippen molar-refractivity contribution in [1.29, 1.82) is 0 Å². The summed E-state index contributed by atoms with van der Waals surface area (Å²) in [5.74, 6) is -0.0298. The van der Waals surface area contributed by atoms with Gasteiger partial charge in [-0.15, -0.1) is 23.7 Å². The Morgan fingerprint density at radius 1 is 1.55 bits per heavy atom. The first-order valence-electron chi connectivity index (χ1n) is 5.92. The number of hydrogen-bond acceptors (Lipinski definition) is 5. The van der Waals surface area contributed by atoms with Crippen LogP contribution in [0.25, 0.3) is 0 Å². The van der Waals surface area contributed by atoms with Crippen LogP contribution in [-0.2, 0) is 12.8 Å². The van der Waals surface area contributed by atoms with Crippen molar-refractivity contribution in [3.63, 3.8) is 0 Å². The van der Waals surface area contributed by atoms with Crippen LogP contribution in [0.5, 0.6) is 0 Å². The van der Waals surface area contributed by atoms with Gasteiger partial charge in [-0.05, 0) is 47.3 Å². The predicted octanol–water partition coefficient (Wildman–Crippen LogP) is 2.99. The van der Waals surface area contributed by atoms with Gasteiger partial charge in [-0.25, -0.2) is 4.98 Å². The maximum absolute atomic E-state index is 11.9. The van der Waals surface area contributed by atoms with Crippen LogP contribution < -0.4 is 11.1 Å². The average Bonchev–Trinajstić information content (AvgIpc) is 2.94. The largest absolute Gasteiger partial charge is 0.444 e. The highest BCUT2D eigenvalue weighted by Crippen LogP contribution is 2.29. The molecular weight excluding hydrogens is 366 g/mol. The van der Waals surface area contributed by atoms with Crippen molar-refractivity contribution in [1.82, 2.24) is 4.98 Å². The van der Waals surface area contributed by atoms with E-state index in [4.69, 9.17) is 10.2 Å². The van der Waals surface area contributed by atoms with Gasteiger partial charge in [-0.3, -0.25) is 10.1 Å². The van der Waals surface area contributed by atoms with Gasteiger partial charge in [0.05, 0.1) is 5.69 Å². The molecule has 0 unspecified atom stereocenters. The molecule has 1 aliphatic rings. The molecule has 0 radical (unpaired) electrons. The number of thiazole rings is 1. The molecule has 1 amide bonds. The number of carbonyl (C=O) groups is 1.